The Labute approximate surface area is 150 Å². The second-order valence-corrected chi connectivity index (χ2v) is 5.62. The standard InChI is InChI=1S/C20H18O6/c1-12(20(22)24-3)25-14-8-9-15-17(11-14)26-18(19(15)21)10-13-6-4-5-7-16(13)23-2/h4-12H,1-3H3/b18-10-/t12-/m1/s1. The summed E-state index contributed by atoms with van der Waals surface area (Å²) in [6.07, 6.45) is 0.873. The number of carbonyl (C=O) groups excluding carboxylic acids is 2. The Kier molecular flexibility index (Phi) is 4.93. The summed E-state index contributed by atoms with van der Waals surface area (Å²) in [5.41, 5.74) is 1.17. The number of rotatable bonds is 5. The van der Waals surface area contributed by atoms with E-state index in [9.17, 15) is 9.59 Å². The number of benzene rings is 2. The molecule has 0 bridgehead atoms. The average Bonchev–Trinajstić information content (AvgIpc) is 2.96. The van der Waals surface area contributed by atoms with Crippen LogP contribution in [0.5, 0.6) is 17.2 Å². The third-order valence-corrected chi connectivity index (χ3v) is 3.91. The number of esters is 1. The van der Waals surface area contributed by atoms with E-state index in [2.05, 4.69) is 4.74 Å². The lowest BCUT2D eigenvalue weighted by atomic mass is 10.1. The molecule has 0 saturated heterocycles. The molecule has 0 aromatic heterocycles. The molecule has 6 nitrogen and oxygen atoms in total. The van der Waals surface area contributed by atoms with Gasteiger partial charge in [-0.3, -0.25) is 4.79 Å². The number of allylic oxidation sites excluding steroid dienone is 1. The van der Waals surface area contributed by atoms with E-state index in [1.54, 1.807) is 44.4 Å². The molecule has 3 rings (SSSR count). The smallest absolute Gasteiger partial charge is 0.346 e. The Balaban J connectivity index is 1.85. The maximum absolute atomic E-state index is 12.5. The SMILES string of the molecule is COC(=O)[C@@H](C)Oc1ccc2c(c1)O/C(=C\c1ccccc1OC)C2=O. The molecule has 1 heterocycles. The zero-order valence-corrected chi connectivity index (χ0v) is 14.6. The van der Waals surface area contributed by atoms with Crippen molar-refractivity contribution in [1.29, 1.82) is 0 Å². The predicted octanol–water partition coefficient (Wildman–Crippen LogP) is 3.25. The number of ketones is 1. The van der Waals surface area contributed by atoms with E-state index < -0.39 is 12.1 Å². The highest BCUT2D eigenvalue weighted by atomic mass is 16.6. The number of carbonyl (C=O) groups is 2. The van der Waals surface area contributed by atoms with Crippen molar-refractivity contribution >= 4 is 17.8 Å². The molecule has 1 atom stereocenters. The Bertz CT molecular complexity index is 884. The average molecular weight is 354 g/mol. The summed E-state index contributed by atoms with van der Waals surface area (Å²) in [4.78, 5) is 24.0. The molecular formula is C20H18O6. The van der Waals surface area contributed by atoms with Crippen molar-refractivity contribution in [2.75, 3.05) is 14.2 Å². The summed E-state index contributed by atoms with van der Waals surface area (Å²) in [5.74, 6) is 0.919. The summed E-state index contributed by atoms with van der Waals surface area (Å²) in [7, 11) is 2.86. The van der Waals surface area contributed by atoms with E-state index in [4.69, 9.17) is 14.2 Å². The van der Waals surface area contributed by atoms with Gasteiger partial charge in [0, 0.05) is 11.6 Å². The molecule has 0 N–H and O–H groups in total. The van der Waals surface area contributed by atoms with Gasteiger partial charge >= 0.3 is 5.97 Å². The molecule has 1 aliphatic heterocycles. The van der Waals surface area contributed by atoms with E-state index in [1.807, 2.05) is 18.2 Å². The van der Waals surface area contributed by atoms with Crippen molar-refractivity contribution in [2.45, 2.75) is 13.0 Å². The van der Waals surface area contributed by atoms with Gasteiger partial charge in [0.2, 0.25) is 5.78 Å². The Morgan fingerprint density at radius 2 is 1.92 bits per heavy atom. The molecular weight excluding hydrogens is 336 g/mol. The second-order valence-electron chi connectivity index (χ2n) is 5.62. The normalized spacial score (nSPS) is 15.2. The highest BCUT2D eigenvalue weighted by Crippen LogP contribution is 2.35. The first-order valence-electron chi connectivity index (χ1n) is 7.99. The van der Waals surface area contributed by atoms with Gasteiger partial charge in [0.25, 0.3) is 0 Å². The summed E-state index contributed by atoms with van der Waals surface area (Å²) in [6.45, 7) is 1.58. The molecule has 1 aliphatic rings. The Morgan fingerprint density at radius 1 is 1.15 bits per heavy atom. The zero-order valence-electron chi connectivity index (χ0n) is 14.6. The van der Waals surface area contributed by atoms with Crippen LogP contribution in [0.3, 0.4) is 0 Å². The lowest BCUT2D eigenvalue weighted by Crippen LogP contribution is -2.24. The van der Waals surface area contributed by atoms with Crippen LogP contribution in [0.25, 0.3) is 6.08 Å². The number of ether oxygens (including phenoxy) is 4. The summed E-state index contributed by atoms with van der Waals surface area (Å²) in [5, 5.41) is 0. The number of para-hydroxylation sites is 1. The van der Waals surface area contributed by atoms with Crippen LogP contribution >= 0.6 is 0 Å². The van der Waals surface area contributed by atoms with Crippen molar-refractivity contribution in [3.05, 3.63) is 59.4 Å². The lowest BCUT2D eigenvalue weighted by molar-refractivity contribution is -0.147. The molecule has 2 aromatic rings. The van der Waals surface area contributed by atoms with Crippen molar-refractivity contribution in [2.24, 2.45) is 0 Å². The molecule has 26 heavy (non-hydrogen) atoms. The Hall–Kier alpha value is -3.28. The number of Topliss-reactive ketones (excluding diaryl/α,β-unsaturated/α-hetero) is 1. The van der Waals surface area contributed by atoms with Gasteiger partial charge in [-0.25, -0.2) is 4.79 Å². The van der Waals surface area contributed by atoms with Crippen LogP contribution in [0.4, 0.5) is 0 Å². The number of hydrogen-bond acceptors (Lipinski definition) is 6. The van der Waals surface area contributed by atoms with Gasteiger partial charge in [0.15, 0.2) is 11.9 Å². The third-order valence-electron chi connectivity index (χ3n) is 3.91. The lowest BCUT2D eigenvalue weighted by Gasteiger charge is -2.12. The molecule has 2 aromatic carbocycles. The summed E-state index contributed by atoms with van der Waals surface area (Å²) >= 11 is 0. The van der Waals surface area contributed by atoms with Gasteiger partial charge in [-0.05, 0) is 31.2 Å². The molecule has 0 aliphatic carbocycles. The Morgan fingerprint density at radius 3 is 2.65 bits per heavy atom. The van der Waals surface area contributed by atoms with Crippen LogP contribution in [0.2, 0.25) is 0 Å². The monoisotopic (exact) mass is 354 g/mol. The highest BCUT2D eigenvalue weighted by Gasteiger charge is 2.28. The van der Waals surface area contributed by atoms with Crippen LogP contribution in [0.1, 0.15) is 22.8 Å². The number of hydrogen-bond donors (Lipinski definition) is 0. The third kappa shape index (κ3) is 3.39. The summed E-state index contributed by atoms with van der Waals surface area (Å²) in [6, 6.07) is 12.1. The fourth-order valence-electron chi connectivity index (χ4n) is 2.59. The van der Waals surface area contributed by atoms with Crippen molar-refractivity contribution in [3.8, 4) is 17.2 Å². The number of fused-ring (bicyclic) bond motifs is 1. The quantitative estimate of drug-likeness (QED) is 0.606. The maximum atomic E-state index is 12.5. The minimum absolute atomic E-state index is 0.197. The highest BCUT2D eigenvalue weighted by molar-refractivity contribution is 6.14. The topological polar surface area (TPSA) is 71.1 Å². The van der Waals surface area contributed by atoms with E-state index >= 15 is 0 Å². The maximum Gasteiger partial charge on any atom is 0.346 e. The first-order valence-corrected chi connectivity index (χ1v) is 7.99. The van der Waals surface area contributed by atoms with Crippen LogP contribution in [-0.2, 0) is 9.53 Å². The molecule has 0 radical (unpaired) electrons. The molecule has 6 heteroatoms. The van der Waals surface area contributed by atoms with E-state index in [0.717, 1.165) is 5.56 Å². The van der Waals surface area contributed by atoms with Crippen molar-refractivity contribution in [1.82, 2.24) is 0 Å². The fraction of sp³-hybridized carbons (Fsp3) is 0.200. The first-order chi connectivity index (χ1) is 12.5. The van der Waals surface area contributed by atoms with Crippen LogP contribution in [0.15, 0.2) is 48.2 Å². The fourth-order valence-corrected chi connectivity index (χ4v) is 2.59. The van der Waals surface area contributed by atoms with Crippen LogP contribution in [-0.4, -0.2) is 32.1 Å². The van der Waals surface area contributed by atoms with Gasteiger partial charge < -0.3 is 18.9 Å². The van der Waals surface area contributed by atoms with E-state index in [1.165, 1.54) is 7.11 Å². The summed E-state index contributed by atoms with van der Waals surface area (Å²) < 4.78 is 21.1. The molecule has 0 fully saturated rings. The van der Waals surface area contributed by atoms with Crippen molar-refractivity contribution in [3.63, 3.8) is 0 Å². The minimum Gasteiger partial charge on any atom is -0.496 e. The van der Waals surface area contributed by atoms with Gasteiger partial charge in [-0.15, -0.1) is 0 Å². The van der Waals surface area contributed by atoms with Crippen LogP contribution < -0.4 is 14.2 Å². The minimum atomic E-state index is -0.765. The van der Waals surface area contributed by atoms with Gasteiger partial charge in [0.1, 0.15) is 17.2 Å². The first kappa shape index (κ1) is 17.5. The van der Waals surface area contributed by atoms with Gasteiger partial charge in [0.05, 0.1) is 19.8 Å². The largest absolute Gasteiger partial charge is 0.496 e. The number of methoxy groups -OCH3 is 2. The van der Waals surface area contributed by atoms with E-state index in [0.29, 0.717) is 22.8 Å². The van der Waals surface area contributed by atoms with Gasteiger partial charge in [-0.1, -0.05) is 18.2 Å². The molecule has 0 amide bonds. The van der Waals surface area contributed by atoms with Gasteiger partial charge in [-0.2, -0.15) is 0 Å². The van der Waals surface area contributed by atoms with Crippen LogP contribution in [0, 0.1) is 0 Å². The van der Waals surface area contributed by atoms with E-state index in [-0.39, 0.29) is 11.5 Å². The second kappa shape index (κ2) is 7.31. The molecule has 0 unspecified atom stereocenters. The zero-order chi connectivity index (χ0) is 18.7. The molecule has 0 saturated carbocycles. The predicted molar refractivity (Wildman–Crippen MR) is 94.5 cm³/mol. The molecule has 0 spiro atoms. The van der Waals surface area contributed by atoms with Crippen molar-refractivity contribution < 1.29 is 28.5 Å². The molecule has 134 valence electrons.